The molecular weight excluding hydrogens is 254 g/mol. The molecule has 2 N–H and O–H groups in total. The zero-order chi connectivity index (χ0) is 13.8. The van der Waals surface area contributed by atoms with Crippen LogP contribution in [0.2, 0.25) is 0 Å². The Kier molecular flexibility index (Phi) is 4.08. The van der Waals surface area contributed by atoms with Crippen molar-refractivity contribution in [1.29, 1.82) is 0 Å². The fourth-order valence-electron chi connectivity index (χ4n) is 2.46. The summed E-state index contributed by atoms with van der Waals surface area (Å²) < 4.78 is 5.22. The minimum atomic E-state index is -0.0947. The predicted molar refractivity (Wildman–Crippen MR) is 74.0 cm³/mol. The first kappa shape index (κ1) is 13.3. The second kappa shape index (κ2) is 6.15. The second-order valence-electron chi connectivity index (χ2n) is 5.39. The van der Waals surface area contributed by atoms with Gasteiger partial charge < -0.3 is 14.9 Å². The summed E-state index contributed by atoms with van der Waals surface area (Å²) in [6.07, 6.45) is 2.40. The van der Waals surface area contributed by atoms with Crippen LogP contribution in [0.15, 0.2) is 34.9 Å². The Hall–Kier alpha value is -1.72. The lowest BCUT2D eigenvalue weighted by molar-refractivity contribution is 0.0427. The summed E-state index contributed by atoms with van der Waals surface area (Å²) in [6.45, 7) is 1.49. The minimum absolute atomic E-state index is 0.0947. The van der Waals surface area contributed by atoms with Crippen molar-refractivity contribution in [3.8, 4) is 0 Å². The van der Waals surface area contributed by atoms with Gasteiger partial charge in [0.15, 0.2) is 5.82 Å². The number of nitrogens with zero attached hydrogens (tertiary/aromatic N) is 2. The van der Waals surface area contributed by atoms with E-state index in [4.69, 9.17) is 4.52 Å². The lowest BCUT2D eigenvalue weighted by atomic mass is 9.82. The molecule has 1 fully saturated rings. The van der Waals surface area contributed by atoms with Gasteiger partial charge in [0.1, 0.15) is 0 Å². The van der Waals surface area contributed by atoms with Gasteiger partial charge in [0.05, 0.1) is 12.6 Å². The SMILES string of the molecule is OC1CC(CNCc2nc(Cc3ccccc3)no2)C1. The van der Waals surface area contributed by atoms with Crippen molar-refractivity contribution in [2.75, 3.05) is 6.54 Å². The Bertz CT molecular complexity index is 535. The Morgan fingerprint density at radius 2 is 2.05 bits per heavy atom. The topological polar surface area (TPSA) is 71.2 Å². The smallest absolute Gasteiger partial charge is 0.240 e. The number of aromatic nitrogens is 2. The molecule has 1 aliphatic rings. The van der Waals surface area contributed by atoms with Crippen molar-refractivity contribution in [3.05, 3.63) is 47.6 Å². The molecule has 5 heteroatoms. The van der Waals surface area contributed by atoms with Gasteiger partial charge >= 0.3 is 0 Å². The number of hydrogen-bond acceptors (Lipinski definition) is 5. The van der Waals surface area contributed by atoms with Crippen molar-refractivity contribution in [1.82, 2.24) is 15.5 Å². The zero-order valence-corrected chi connectivity index (χ0v) is 11.3. The van der Waals surface area contributed by atoms with E-state index in [1.165, 1.54) is 5.56 Å². The third-order valence-electron chi connectivity index (χ3n) is 3.64. The van der Waals surface area contributed by atoms with E-state index >= 15 is 0 Å². The van der Waals surface area contributed by atoms with Gasteiger partial charge in [-0.05, 0) is 30.9 Å². The number of benzene rings is 1. The average molecular weight is 273 g/mol. The fourth-order valence-corrected chi connectivity index (χ4v) is 2.46. The van der Waals surface area contributed by atoms with Crippen LogP contribution < -0.4 is 5.32 Å². The standard InChI is InChI=1S/C15H19N3O2/c19-13-6-12(7-13)9-16-10-15-17-14(18-20-15)8-11-4-2-1-3-5-11/h1-5,12-13,16,19H,6-10H2. The van der Waals surface area contributed by atoms with Gasteiger partial charge in [-0.2, -0.15) is 4.98 Å². The summed E-state index contributed by atoms with van der Waals surface area (Å²) in [5, 5.41) is 16.5. The Morgan fingerprint density at radius 1 is 1.25 bits per heavy atom. The number of aliphatic hydroxyl groups is 1. The van der Waals surface area contributed by atoms with E-state index in [0.717, 1.165) is 19.4 Å². The summed E-state index contributed by atoms with van der Waals surface area (Å²) in [6, 6.07) is 10.1. The molecule has 0 saturated heterocycles. The van der Waals surface area contributed by atoms with Crippen molar-refractivity contribution in [2.24, 2.45) is 5.92 Å². The van der Waals surface area contributed by atoms with Crippen LogP contribution in [0.25, 0.3) is 0 Å². The Balaban J connectivity index is 1.45. The number of nitrogens with one attached hydrogen (secondary N) is 1. The van der Waals surface area contributed by atoms with E-state index in [0.29, 0.717) is 30.6 Å². The molecule has 106 valence electrons. The molecule has 1 aromatic heterocycles. The van der Waals surface area contributed by atoms with Crippen molar-refractivity contribution < 1.29 is 9.63 Å². The summed E-state index contributed by atoms with van der Waals surface area (Å²) in [5.74, 6) is 1.92. The maximum Gasteiger partial charge on any atom is 0.240 e. The molecule has 1 saturated carbocycles. The fraction of sp³-hybridized carbons (Fsp3) is 0.467. The molecule has 20 heavy (non-hydrogen) atoms. The van der Waals surface area contributed by atoms with Crippen LogP contribution in [0.4, 0.5) is 0 Å². The van der Waals surface area contributed by atoms with Crippen molar-refractivity contribution in [2.45, 2.75) is 31.9 Å². The molecule has 3 rings (SSSR count). The molecular formula is C15H19N3O2. The molecule has 1 aromatic carbocycles. The maximum atomic E-state index is 9.21. The van der Waals surface area contributed by atoms with Gasteiger partial charge in [-0.1, -0.05) is 35.5 Å². The quantitative estimate of drug-likeness (QED) is 0.835. The lowest BCUT2D eigenvalue weighted by Crippen LogP contribution is -2.35. The second-order valence-corrected chi connectivity index (χ2v) is 5.39. The third kappa shape index (κ3) is 3.43. The molecule has 0 radical (unpaired) electrons. The first-order valence-corrected chi connectivity index (χ1v) is 7.04. The Labute approximate surface area is 118 Å². The predicted octanol–water partition coefficient (Wildman–Crippen LogP) is 1.52. The van der Waals surface area contributed by atoms with E-state index in [1.54, 1.807) is 0 Å². The zero-order valence-electron chi connectivity index (χ0n) is 11.3. The molecule has 0 bridgehead atoms. The van der Waals surface area contributed by atoms with E-state index in [-0.39, 0.29) is 6.10 Å². The monoisotopic (exact) mass is 273 g/mol. The van der Waals surface area contributed by atoms with Crippen LogP contribution in [0, 0.1) is 5.92 Å². The van der Waals surface area contributed by atoms with Crippen molar-refractivity contribution >= 4 is 0 Å². The van der Waals surface area contributed by atoms with Crippen LogP contribution in [-0.2, 0) is 13.0 Å². The highest BCUT2D eigenvalue weighted by Crippen LogP contribution is 2.26. The highest BCUT2D eigenvalue weighted by molar-refractivity contribution is 5.18. The van der Waals surface area contributed by atoms with E-state index in [1.807, 2.05) is 18.2 Å². The number of aliphatic hydroxyl groups excluding tert-OH is 1. The number of hydrogen-bond donors (Lipinski definition) is 2. The maximum absolute atomic E-state index is 9.21. The van der Waals surface area contributed by atoms with Crippen LogP contribution in [0.5, 0.6) is 0 Å². The van der Waals surface area contributed by atoms with Gasteiger partial charge in [0, 0.05) is 6.42 Å². The minimum Gasteiger partial charge on any atom is -0.393 e. The molecule has 2 aromatic rings. The number of rotatable bonds is 6. The van der Waals surface area contributed by atoms with Crippen molar-refractivity contribution in [3.63, 3.8) is 0 Å². The van der Waals surface area contributed by atoms with E-state index in [2.05, 4.69) is 27.6 Å². The van der Waals surface area contributed by atoms with Gasteiger partial charge in [0.2, 0.25) is 5.89 Å². The molecule has 0 spiro atoms. The van der Waals surface area contributed by atoms with Gasteiger partial charge in [-0.15, -0.1) is 0 Å². The molecule has 1 aliphatic carbocycles. The first-order valence-electron chi connectivity index (χ1n) is 7.04. The highest BCUT2D eigenvalue weighted by atomic mass is 16.5. The third-order valence-corrected chi connectivity index (χ3v) is 3.64. The lowest BCUT2D eigenvalue weighted by Gasteiger charge is -2.31. The molecule has 5 nitrogen and oxygen atoms in total. The highest BCUT2D eigenvalue weighted by Gasteiger charge is 2.26. The normalized spacial score (nSPS) is 21.6. The Morgan fingerprint density at radius 3 is 2.80 bits per heavy atom. The van der Waals surface area contributed by atoms with Crippen LogP contribution in [0.3, 0.4) is 0 Å². The molecule has 0 aliphatic heterocycles. The average Bonchev–Trinajstić information content (AvgIpc) is 2.85. The molecule has 0 amide bonds. The van der Waals surface area contributed by atoms with Crippen LogP contribution in [0.1, 0.15) is 30.1 Å². The molecule has 0 unspecified atom stereocenters. The summed E-state index contributed by atoms with van der Waals surface area (Å²) >= 11 is 0. The van der Waals surface area contributed by atoms with Gasteiger partial charge in [-0.3, -0.25) is 0 Å². The first-order chi connectivity index (χ1) is 9.79. The van der Waals surface area contributed by atoms with Crippen LogP contribution >= 0.6 is 0 Å². The summed E-state index contributed by atoms with van der Waals surface area (Å²) in [4.78, 5) is 4.37. The summed E-state index contributed by atoms with van der Waals surface area (Å²) in [7, 11) is 0. The van der Waals surface area contributed by atoms with Gasteiger partial charge in [-0.25, -0.2) is 0 Å². The molecule has 0 atom stereocenters. The van der Waals surface area contributed by atoms with Crippen LogP contribution in [-0.4, -0.2) is 27.9 Å². The van der Waals surface area contributed by atoms with E-state index < -0.39 is 0 Å². The van der Waals surface area contributed by atoms with Gasteiger partial charge in [0.25, 0.3) is 0 Å². The summed E-state index contributed by atoms with van der Waals surface area (Å²) in [5.41, 5.74) is 1.18. The largest absolute Gasteiger partial charge is 0.393 e. The van der Waals surface area contributed by atoms with E-state index in [9.17, 15) is 5.11 Å². The molecule has 1 heterocycles.